The van der Waals surface area contributed by atoms with Crippen LogP contribution in [-0.2, 0) is 4.79 Å². The third-order valence-electron chi connectivity index (χ3n) is 2.42. The van der Waals surface area contributed by atoms with Crippen molar-refractivity contribution in [3.8, 4) is 6.07 Å². The van der Waals surface area contributed by atoms with Gasteiger partial charge in [0.2, 0.25) is 5.91 Å². The molecule has 1 N–H and O–H groups in total. The Morgan fingerprint density at radius 1 is 1.64 bits per heavy atom. The van der Waals surface area contributed by atoms with E-state index in [1.165, 1.54) is 0 Å². The molecule has 0 aromatic carbocycles. The molecule has 14 heavy (non-hydrogen) atoms. The highest BCUT2D eigenvalue weighted by Gasteiger charge is 2.45. The molecule has 1 aliphatic carbocycles. The van der Waals surface area contributed by atoms with Crippen molar-refractivity contribution in [3.63, 3.8) is 0 Å². The van der Waals surface area contributed by atoms with E-state index in [0.29, 0.717) is 12.8 Å². The molecule has 1 fully saturated rings. The molecule has 0 unspecified atom stereocenters. The first-order valence-electron chi connectivity index (χ1n) is 4.47. The zero-order valence-corrected chi connectivity index (χ0v) is 7.94. The summed E-state index contributed by atoms with van der Waals surface area (Å²) < 4.78 is 24.8. The van der Waals surface area contributed by atoms with Crippen molar-refractivity contribution in [1.82, 2.24) is 5.32 Å². The summed E-state index contributed by atoms with van der Waals surface area (Å²) in [4.78, 5) is 11.4. The predicted molar refractivity (Wildman–Crippen MR) is 45.5 cm³/mol. The maximum Gasteiger partial charge on any atom is 0.262 e. The van der Waals surface area contributed by atoms with Crippen molar-refractivity contribution in [3.05, 3.63) is 0 Å². The molecule has 0 aliphatic heterocycles. The summed E-state index contributed by atoms with van der Waals surface area (Å²) in [5.41, 5.74) is -1.04. The molecular formula is C9H12F2N2O. The third kappa shape index (κ3) is 2.19. The lowest BCUT2D eigenvalue weighted by atomic mass is 9.69. The molecule has 5 heteroatoms. The Kier molecular flexibility index (Phi) is 2.74. The van der Waals surface area contributed by atoms with Gasteiger partial charge < -0.3 is 5.32 Å². The highest BCUT2D eigenvalue weighted by molar-refractivity contribution is 5.86. The van der Waals surface area contributed by atoms with Gasteiger partial charge in [0.15, 0.2) is 0 Å². The number of nitrogens with zero attached hydrogens (tertiary/aromatic N) is 1. The maximum absolute atomic E-state index is 12.4. The lowest BCUT2D eigenvalue weighted by Gasteiger charge is -2.33. The summed E-state index contributed by atoms with van der Waals surface area (Å²) in [6, 6.07) is 1.89. The van der Waals surface area contributed by atoms with Crippen molar-refractivity contribution in [1.29, 1.82) is 5.26 Å². The summed E-state index contributed by atoms with van der Waals surface area (Å²) in [6.07, 6.45) is 1.76. The monoisotopic (exact) mass is 202 g/mol. The molecule has 1 amide bonds. The smallest absolute Gasteiger partial charge is 0.262 e. The molecule has 78 valence electrons. The number of hydrogen-bond donors (Lipinski definition) is 1. The summed E-state index contributed by atoms with van der Waals surface area (Å²) in [6.45, 7) is 0.0301. The SMILES string of the molecule is CC(F)(F)CNC(=O)C1(C#N)CCC1. The van der Waals surface area contributed by atoms with Crippen LogP contribution >= 0.6 is 0 Å². The molecular weight excluding hydrogens is 190 g/mol. The van der Waals surface area contributed by atoms with Crippen LogP contribution in [-0.4, -0.2) is 18.4 Å². The summed E-state index contributed by atoms with van der Waals surface area (Å²) in [7, 11) is 0. The zero-order chi connectivity index (χ0) is 10.8. The van der Waals surface area contributed by atoms with Gasteiger partial charge in [-0.1, -0.05) is 0 Å². The lowest BCUT2D eigenvalue weighted by Crippen LogP contribution is -2.47. The molecule has 0 saturated heterocycles. The molecule has 0 aromatic heterocycles. The van der Waals surface area contributed by atoms with Gasteiger partial charge in [0.05, 0.1) is 12.6 Å². The fourth-order valence-corrected chi connectivity index (χ4v) is 1.32. The second-order valence-electron chi connectivity index (χ2n) is 3.80. The predicted octanol–water partition coefficient (Wildman–Crippen LogP) is 1.45. The van der Waals surface area contributed by atoms with E-state index in [4.69, 9.17) is 5.26 Å². The van der Waals surface area contributed by atoms with Gasteiger partial charge in [0.25, 0.3) is 5.92 Å². The van der Waals surface area contributed by atoms with E-state index in [1.54, 1.807) is 0 Å². The molecule has 1 aliphatic rings. The number of carbonyl (C=O) groups excluding carboxylic acids is 1. The number of amides is 1. The van der Waals surface area contributed by atoms with Crippen LogP contribution in [0.4, 0.5) is 8.78 Å². The molecule has 0 bridgehead atoms. The van der Waals surface area contributed by atoms with Crippen molar-refractivity contribution in [2.24, 2.45) is 5.41 Å². The highest BCUT2D eigenvalue weighted by atomic mass is 19.3. The Morgan fingerprint density at radius 2 is 2.21 bits per heavy atom. The Bertz CT molecular complexity index is 274. The standard InChI is InChI=1S/C9H12F2N2O/c1-8(10,11)6-13-7(14)9(5-12)3-2-4-9/h2-4,6H2,1H3,(H,13,14). The van der Waals surface area contributed by atoms with Crippen LogP contribution in [0, 0.1) is 16.7 Å². The van der Waals surface area contributed by atoms with Crippen LogP contribution in [0.3, 0.4) is 0 Å². The van der Waals surface area contributed by atoms with E-state index in [2.05, 4.69) is 5.32 Å². The first-order valence-corrected chi connectivity index (χ1v) is 4.47. The van der Waals surface area contributed by atoms with Gasteiger partial charge in [-0.15, -0.1) is 0 Å². The normalized spacial score (nSPS) is 19.3. The number of alkyl halides is 2. The quantitative estimate of drug-likeness (QED) is 0.753. The average molecular weight is 202 g/mol. The Balaban J connectivity index is 2.47. The van der Waals surface area contributed by atoms with Crippen molar-refractivity contribution in [2.45, 2.75) is 32.1 Å². The maximum atomic E-state index is 12.4. The van der Waals surface area contributed by atoms with E-state index in [0.717, 1.165) is 13.3 Å². The van der Waals surface area contributed by atoms with Gasteiger partial charge in [0.1, 0.15) is 5.41 Å². The van der Waals surface area contributed by atoms with Crippen LogP contribution in [0.2, 0.25) is 0 Å². The van der Waals surface area contributed by atoms with Crippen molar-refractivity contribution < 1.29 is 13.6 Å². The molecule has 0 radical (unpaired) electrons. The van der Waals surface area contributed by atoms with Gasteiger partial charge >= 0.3 is 0 Å². The van der Waals surface area contributed by atoms with Crippen LogP contribution in [0.25, 0.3) is 0 Å². The number of nitrogens with one attached hydrogen (secondary N) is 1. The van der Waals surface area contributed by atoms with Gasteiger partial charge in [-0.3, -0.25) is 4.79 Å². The topological polar surface area (TPSA) is 52.9 Å². The number of carbonyl (C=O) groups is 1. The summed E-state index contributed by atoms with van der Waals surface area (Å²) >= 11 is 0. The first kappa shape index (κ1) is 10.9. The minimum Gasteiger partial charge on any atom is -0.349 e. The minimum atomic E-state index is -2.92. The number of rotatable bonds is 3. The van der Waals surface area contributed by atoms with Gasteiger partial charge in [-0.05, 0) is 19.3 Å². The van der Waals surface area contributed by atoms with Crippen LogP contribution in [0.5, 0.6) is 0 Å². The van der Waals surface area contributed by atoms with Gasteiger partial charge in [0, 0.05) is 6.92 Å². The fourth-order valence-electron chi connectivity index (χ4n) is 1.32. The van der Waals surface area contributed by atoms with Crippen molar-refractivity contribution in [2.75, 3.05) is 6.54 Å². The summed E-state index contributed by atoms with van der Waals surface area (Å²) in [5.74, 6) is -3.48. The number of nitriles is 1. The van der Waals surface area contributed by atoms with Gasteiger partial charge in [-0.25, -0.2) is 8.78 Å². The van der Waals surface area contributed by atoms with Crippen molar-refractivity contribution >= 4 is 5.91 Å². The zero-order valence-electron chi connectivity index (χ0n) is 7.94. The molecule has 0 heterocycles. The molecule has 1 rings (SSSR count). The molecule has 0 spiro atoms. The van der Waals surface area contributed by atoms with E-state index in [-0.39, 0.29) is 0 Å². The first-order chi connectivity index (χ1) is 6.40. The van der Waals surface area contributed by atoms with Gasteiger partial charge in [-0.2, -0.15) is 5.26 Å². The molecule has 0 aromatic rings. The van der Waals surface area contributed by atoms with Crippen LogP contribution < -0.4 is 5.32 Å². The Morgan fingerprint density at radius 3 is 2.50 bits per heavy atom. The van der Waals surface area contributed by atoms with E-state index >= 15 is 0 Å². The molecule has 1 saturated carbocycles. The summed E-state index contributed by atoms with van der Waals surface area (Å²) in [5, 5.41) is 10.8. The number of hydrogen-bond acceptors (Lipinski definition) is 2. The molecule has 3 nitrogen and oxygen atoms in total. The largest absolute Gasteiger partial charge is 0.349 e. The average Bonchev–Trinajstić information content (AvgIpc) is 1.98. The fraction of sp³-hybridized carbons (Fsp3) is 0.778. The third-order valence-corrected chi connectivity index (χ3v) is 2.42. The molecule has 0 atom stereocenters. The number of halogens is 2. The minimum absolute atomic E-state index is 0.477. The Labute approximate surface area is 81.1 Å². The van der Waals surface area contributed by atoms with E-state index in [1.807, 2.05) is 6.07 Å². The second kappa shape index (κ2) is 3.52. The van der Waals surface area contributed by atoms with E-state index in [9.17, 15) is 13.6 Å². The second-order valence-corrected chi connectivity index (χ2v) is 3.80. The van der Waals surface area contributed by atoms with Crippen LogP contribution in [0.15, 0.2) is 0 Å². The van der Waals surface area contributed by atoms with E-state index < -0.39 is 23.8 Å². The Hall–Kier alpha value is -1.18. The highest BCUT2D eigenvalue weighted by Crippen LogP contribution is 2.40. The van der Waals surface area contributed by atoms with Crippen LogP contribution in [0.1, 0.15) is 26.2 Å². The lowest BCUT2D eigenvalue weighted by molar-refractivity contribution is -0.133.